The Hall–Kier alpha value is -1.75. The molecule has 5 nitrogen and oxygen atoms in total. The van der Waals surface area contributed by atoms with Gasteiger partial charge in [-0.15, -0.1) is 0 Å². The lowest BCUT2D eigenvalue weighted by Crippen LogP contribution is -2.32. The second kappa shape index (κ2) is 4.74. The fourth-order valence-electron chi connectivity index (χ4n) is 2.83. The van der Waals surface area contributed by atoms with E-state index in [2.05, 4.69) is 4.90 Å². The molecule has 0 bridgehead atoms. The van der Waals surface area contributed by atoms with Crippen molar-refractivity contribution in [2.24, 2.45) is 5.92 Å². The molecule has 1 fully saturated rings. The number of hydrogen-bond donors (Lipinski definition) is 1. The molecule has 1 aromatic rings. The standard InChI is InChI=1S/C14H17NO4/c1-9-11(14(16)17)4-5-15(9)7-10-2-3-12-13(6-10)19-8-18-12/h2-3,6,9,11H,4-5,7-8H2,1H3,(H,16,17). The van der Waals surface area contributed by atoms with E-state index in [1.165, 1.54) is 0 Å². The average Bonchev–Trinajstić information content (AvgIpc) is 2.96. The molecule has 2 aliphatic heterocycles. The minimum Gasteiger partial charge on any atom is -0.481 e. The number of carboxylic acid groups (broad SMARTS) is 1. The second-order valence-corrected chi connectivity index (χ2v) is 5.13. The van der Waals surface area contributed by atoms with Crippen LogP contribution in [0.25, 0.3) is 0 Å². The highest BCUT2D eigenvalue weighted by Gasteiger charge is 2.35. The monoisotopic (exact) mass is 263 g/mol. The lowest BCUT2D eigenvalue weighted by Gasteiger charge is -2.23. The van der Waals surface area contributed by atoms with Crippen LogP contribution < -0.4 is 9.47 Å². The minimum absolute atomic E-state index is 0.0722. The van der Waals surface area contributed by atoms with Crippen molar-refractivity contribution in [1.29, 1.82) is 0 Å². The topological polar surface area (TPSA) is 59.0 Å². The molecule has 2 aliphatic rings. The number of hydrogen-bond acceptors (Lipinski definition) is 4. The predicted octanol–water partition coefficient (Wildman–Crippen LogP) is 1.71. The number of carbonyl (C=O) groups is 1. The summed E-state index contributed by atoms with van der Waals surface area (Å²) in [5.41, 5.74) is 1.13. The van der Waals surface area contributed by atoms with Gasteiger partial charge in [0.25, 0.3) is 0 Å². The van der Waals surface area contributed by atoms with Crippen LogP contribution in [0.4, 0.5) is 0 Å². The van der Waals surface area contributed by atoms with Crippen LogP contribution in [0, 0.1) is 5.92 Å². The van der Waals surface area contributed by atoms with Crippen LogP contribution in [0.5, 0.6) is 11.5 Å². The molecule has 0 spiro atoms. The lowest BCUT2D eigenvalue weighted by molar-refractivity contribution is -0.142. The highest BCUT2D eigenvalue weighted by atomic mass is 16.7. The summed E-state index contributed by atoms with van der Waals surface area (Å²) in [4.78, 5) is 13.3. The second-order valence-electron chi connectivity index (χ2n) is 5.13. The smallest absolute Gasteiger partial charge is 0.308 e. The summed E-state index contributed by atoms with van der Waals surface area (Å²) in [6, 6.07) is 5.97. The Morgan fingerprint density at radius 2 is 2.21 bits per heavy atom. The van der Waals surface area contributed by atoms with Crippen molar-refractivity contribution in [2.45, 2.75) is 25.9 Å². The molecule has 2 atom stereocenters. The van der Waals surface area contributed by atoms with Crippen LogP contribution in [0.1, 0.15) is 18.9 Å². The molecule has 3 rings (SSSR count). The van der Waals surface area contributed by atoms with Crippen molar-refractivity contribution in [2.75, 3.05) is 13.3 Å². The maximum absolute atomic E-state index is 11.1. The van der Waals surface area contributed by atoms with E-state index >= 15 is 0 Å². The van der Waals surface area contributed by atoms with Gasteiger partial charge in [-0.05, 0) is 37.6 Å². The third-order valence-electron chi connectivity index (χ3n) is 4.03. The van der Waals surface area contributed by atoms with Crippen LogP contribution in [0.15, 0.2) is 18.2 Å². The van der Waals surface area contributed by atoms with Crippen molar-refractivity contribution in [3.63, 3.8) is 0 Å². The minimum atomic E-state index is -0.694. The molecule has 2 unspecified atom stereocenters. The number of likely N-dealkylation sites (tertiary alicyclic amines) is 1. The Morgan fingerprint density at radius 3 is 2.95 bits per heavy atom. The van der Waals surface area contributed by atoms with Gasteiger partial charge in [0.1, 0.15) is 0 Å². The van der Waals surface area contributed by atoms with E-state index in [1.807, 2.05) is 25.1 Å². The molecule has 0 aromatic heterocycles. The Morgan fingerprint density at radius 1 is 1.42 bits per heavy atom. The van der Waals surface area contributed by atoms with E-state index in [4.69, 9.17) is 14.6 Å². The Kier molecular flexibility index (Phi) is 3.06. The summed E-state index contributed by atoms with van der Waals surface area (Å²) in [5.74, 6) is 0.607. The number of rotatable bonds is 3. The molecule has 102 valence electrons. The lowest BCUT2D eigenvalue weighted by atomic mass is 10.0. The highest BCUT2D eigenvalue weighted by molar-refractivity contribution is 5.71. The van der Waals surface area contributed by atoms with Gasteiger partial charge in [-0.1, -0.05) is 6.07 Å². The first-order valence-corrected chi connectivity index (χ1v) is 6.50. The van der Waals surface area contributed by atoms with E-state index in [1.54, 1.807) is 0 Å². The third-order valence-corrected chi connectivity index (χ3v) is 4.03. The van der Waals surface area contributed by atoms with E-state index < -0.39 is 5.97 Å². The molecule has 2 heterocycles. The summed E-state index contributed by atoms with van der Waals surface area (Å²) >= 11 is 0. The Balaban J connectivity index is 1.70. The summed E-state index contributed by atoms with van der Waals surface area (Å²) < 4.78 is 10.6. The summed E-state index contributed by atoms with van der Waals surface area (Å²) in [7, 11) is 0. The number of ether oxygens (including phenoxy) is 2. The Bertz CT molecular complexity index is 502. The molecule has 1 N–H and O–H groups in total. The van der Waals surface area contributed by atoms with Gasteiger partial charge in [-0.25, -0.2) is 0 Å². The van der Waals surface area contributed by atoms with E-state index in [0.717, 1.165) is 36.6 Å². The van der Waals surface area contributed by atoms with Crippen molar-refractivity contribution in [1.82, 2.24) is 4.90 Å². The number of benzene rings is 1. The number of fused-ring (bicyclic) bond motifs is 1. The maximum Gasteiger partial charge on any atom is 0.308 e. The molecule has 0 aliphatic carbocycles. The molecule has 5 heteroatoms. The van der Waals surface area contributed by atoms with Gasteiger partial charge in [-0.2, -0.15) is 0 Å². The normalized spacial score (nSPS) is 25.7. The molecule has 19 heavy (non-hydrogen) atoms. The van der Waals surface area contributed by atoms with Crippen LogP contribution in [0.3, 0.4) is 0 Å². The maximum atomic E-state index is 11.1. The molecule has 0 saturated carbocycles. The summed E-state index contributed by atoms with van der Waals surface area (Å²) in [5, 5.41) is 9.13. The Labute approximate surface area is 111 Å². The molecule has 0 amide bonds. The van der Waals surface area contributed by atoms with Gasteiger partial charge >= 0.3 is 5.97 Å². The van der Waals surface area contributed by atoms with Gasteiger partial charge in [0.2, 0.25) is 6.79 Å². The van der Waals surface area contributed by atoms with Gasteiger partial charge in [0.05, 0.1) is 5.92 Å². The zero-order chi connectivity index (χ0) is 13.4. The summed E-state index contributed by atoms with van der Waals surface area (Å²) in [6.45, 7) is 3.84. The molecule has 1 saturated heterocycles. The number of nitrogens with zero attached hydrogens (tertiary/aromatic N) is 1. The molecule has 1 aromatic carbocycles. The molecule has 0 radical (unpaired) electrons. The first-order valence-electron chi connectivity index (χ1n) is 6.50. The SMILES string of the molecule is CC1C(C(=O)O)CCN1Cc1ccc2c(c1)OCO2. The summed E-state index contributed by atoms with van der Waals surface area (Å²) in [6.07, 6.45) is 0.723. The zero-order valence-electron chi connectivity index (χ0n) is 10.8. The van der Waals surface area contributed by atoms with E-state index in [-0.39, 0.29) is 18.8 Å². The van der Waals surface area contributed by atoms with Gasteiger partial charge in [0.15, 0.2) is 11.5 Å². The quantitative estimate of drug-likeness (QED) is 0.899. The average molecular weight is 263 g/mol. The molecular formula is C14H17NO4. The van der Waals surface area contributed by atoms with Crippen molar-refractivity contribution >= 4 is 5.97 Å². The van der Waals surface area contributed by atoms with Crippen LogP contribution >= 0.6 is 0 Å². The predicted molar refractivity (Wildman–Crippen MR) is 68.2 cm³/mol. The fraction of sp³-hybridized carbons (Fsp3) is 0.500. The van der Waals surface area contributed by atoms with Gasteiger partial charge in [0, 0.05) is 12.6 Å². The number of carboxylic acids is 1. The number of aliphatic carboxylic acids is 1. The van der Waals surface area contributed by atoms with Crippen LogP contribution in [-0.4, -0.2) is 35.4 Å². The van der Waals surface area contributed by atoms with Crippen LogP contribution in [0.2, 0.25) is 0 Å². The third kappa shape index (κ3) is 2.26. The van der Waals surface area contributed by atoms with E-state index in [9.17, 15) is 4.79 Å². The first-order chi connectivity index (χ1) is 9.15. The largest absolute Gasteiger partial charge is 0.481 e. The van der Waals surface area contributed by atoms with Crippen molar-refractivity contribution < 1.29 is 19.4 Å². The molecular weight excluding hydrogens is 246 g/mol. The van der Waals surface area contributed by atoms with Gasteiger partial charge in [-0.3, -0.25) is 9.69 Å². The van der Waals surface area contributed by atoms with Crippen LogP contribution in [-0.2, 0) is 11.3 Å². The first kappa shape index (κ1) is 12.3. The van der Waals surface area contributed by atoms with Crippen molar-refractivity contribution in [3.8, 4) is 11.5 Å². The van der Waals surface area contributed by atoms with Crippen molar-refractivity contribution in [3.05, 3.63) is 23.8 Å². The zero-order valence-corrected chi connectivity index (χ0v) is 10.8. The highest BCUT2D eigenvalue weighted by Crippen LogP contribution is 2.34. The van der Waals surface area contributed by atoms with E-state index in [0.29, 0.717) is 0 Å². The fourth-order valence-corrected chi connectivity index (χ4v) is 2.83. The van der Waals surface area contributed by atoms with Gasteiger partial charge < -0.3 is 14.6 Å².